The van der Waals surface area contributed by atoms with Crippen molar-refractivity contribution in [2.75, 3.05) is 5.32 Å². The van der Waals surface area contributed by atoms with Gasteiger partial charge < -0.3 is 5.32 Å². The Morgan fingerprint density at radius 2 is 0.850 bits per heavy atom. The van der Waals surface area contributed by atoms with E-state index in [1.54, 1.807) is 6.20 Å². The highest BCUT2D eigenvalue weighted by atomic mass is 16.1. The van der Waals surface area contributed by atoms with Gasteiger partial charge in [0.05, 0.1) is 29.0 Å². The number of benzene rings is 6. The van der Waals surface area contributed by atoms with Crippen LogP contribution < -0.4 is 5.32 Å². The van der Waals surface area contributed by atoms with Crippen LogP contribution in [0.4, 0.5) is 5.69 Å². The number of amides is 1. The van der Waals surface area contributed by atoms with Crippen LogP contribution in [0.25, 0.3) is 78.3 Å². The van der Waals surface area contributed by atoms with Crippen LogP contribution in [0.3, 0.4) is 0 Å². The van der Waals surface area contributed by atoms with Crippen LogP contribution in [0.5, 0.6) is 0 Å². The molecule has 0 atom stereocenters. The number of hydrogen-bond donors (Lipinski definition) is 1. The summed E-state index contributed by atoms with van der Waals surface area (Å²) in [6.45, 7) is 0. The zero-order valence-corrected chi connectivity index (χ0v) is 32.9. The Morgan fingerprint density at radius 1 is 0.383 bits per heavy atom. The Balaban J connectivity index is 1.03. The molecule has 60 heavy (non-hydrogen) atoms. The average Bonchev–Trinajstić information content (AvgIpc) is 3.81. The summed E-state index contributed by atoms with van der Waals surface area (Å²) in [6, 6.07) is 62.1. The summed E-state index contributed by atoms with van der Waals surface area (Å²) < 4.78 is 0. The first kappa shape index (κ1) is 36.6. The minimum atomic E-state index is -0.220. The predicted octanol–water partition coefficient (Wildman–Crippen LogP) is 13.3. The van der Waals surface area contributed by atoms with Gasteiger partial charge in [-0.05, 0) is 112 Å². The highest BCUT2D eigenvalue weighted by molar-refractivity contribution is 6.06. The molecular formula is C55H40N4O. The van der Waals surface area contributed by atoms with E-state index in [0.29, 0.717) is 11.3 Å². The fourth-order valence-electron chi connectivity index (χ4n) is 8.28. The molecule has 10 rings (SSSR count). The van der Waals surface area contributed by atoms with Crippen LogP contribution >= 0.6 is 0 Å². The van der Waals surface area contributed by atoms with Crippen LogP contribution in [0, 0.1) is 0 Å². The number of anilines is 1. The summed E-state index contributed by atoms with van der Waals surface area (Å²) in [6.07, 6.45) is 9.07. The topological polar surface area (TPSA) is 67.8 Å². The Labute approximate surface area is 350 Å². The van der Waals surface area contributed by atoms with Crippen LogP contribution in [0.15, 0.2) is 201 Å². The molecule has 6 aromatic carbocycles. The lowest BCUT2D eigenvalue weighted by Crippen LogP contribution is -2.12. The van der Waals surface area contributed by atoms with Gasteiger partial charge in [0.15, 0.2) is 0 Å². The standard InChI is InChI=1S/C55H40N4O/c60-55(59-47-26-29-54(58-36-47)41-23-22-37-16-11-17-40(37)30-41)46-32-44(50-20-9-7-18-48(50)42-24-27-52(56-34-42)38-12-3-1-4-13-38)31-45(33-46)51-21-10-8-19-49(51)43-25-28-53(57-35-43)39-14-5-2-6-15-39/h1-10,12-15,18-36H,11,16-17H2,(H,59,60). The maximum atomic E-state index is 14.4. The molecule has 5 nitrogen and oxygen atoms in total. The first-order valence-corrected chi connectivity index (χ1v) is 20.4. The van der Waals surface area contributed by atoms with E-state index >= 15 is 0 Å². The van der Waals surface area contributed by atoms with E-state index in [1.807, 2.05) is 97.3 Å². The molecule has 0 fully saturated rings. The lowest BCUT2D eigenvalue weighted by Gasteiger charge is -2.16. The zero-order chi connectivity index (χ0) is 40.3. The normalized spacial score (nSPS) is 11.9. The molecule has 3 aromatic heterocycles. The number of aromatic nitrogens is 3. The number of rotatable bonds is 9. The third kappa shape index (κ3) is 7.52. The van der Waals surface area contributed by atoms with Gasteiger partial charge in [-0.25, -0.2) is 0 Å². The van der Waals surface area contributed by atoms with Crippen LogP contribution in [-0.2, 0) is 12.8 Å². The number of carbonyl (C=O) groups excluding carboxylic acids is 1. The van der Waals surface area contributed by atoms with E-state index in [4.69, 9.17) is 15.0 Å². The number of fused-ring (bicyclic) bond motifs is 1. The monoisotopic (exact) mass is 772 g/mol. The highest BCUT2D eigenvalue weighted by Crippen LogP contribution is 2.39. The van der Waals surface area contributed by atoms with Crippen LogP contribution in [0.1, 0.15) is 27.9 Å². The summed E-state index contributed by atoms with van der Waals surface area (Å²) in [5.41, 5.74) is 17.8. The summed E-state index contributed by atoms with van der Waals surface area (Å²) >= 11 is 0. The predicted molar refractivity (Wildman–Crippen MR) is 244 cm³/mol. The lowest BCUT2D eigenvalue weighted by molar-refractivity contribution is 0.102. The molecule has 1 aliphatic carbocycles. The molecule has 0 saturated carbocycles. The van der Waals surface area contributed by atoms with Crippen molar-refractivity contribution >= 4 is 11.6 Å². The average molecular weight is 773 g/mol. The van der Waals surface area contributed by atoms with Crippen molar-refractivity contribution in [3.05, 3.63) is 217 Å². The molecule has 1 N–H and O–H groups in total. The molecule has 286 valence electrons. The molecule has 0 bridgehead atoms. The van der Waals surface area contributed by atoms with Gasteiger partial charge in [0.25, 0.3) is 5.91 Å². The number of nitrogens with one attached hydrogen (secondary N) is 1. The number of pyridine rings is 3. The van der Waals surface area contributed by atoms with E-state index < -0.39 is 0 Å². The van der Waals surface area contributed by atoms with E-state index in [0.717, 1.165) is 91.1 Å². The van der Waals surface area contributed by atoms with Gasteiger partial charge in [0.1, 0.15) is 0 Å². The fourth-order valence-corrected chi connectivity index (χ4v) is 8.28. The number of aryl methyl sites for hydroxylation is 2. The summed E-state index contributed by atoms with van der Waals surface area (Å²) in [5.74, 6) is -0.220. The first-order chi connectivity index (χ1) is 29.6. The highest BCUT2D eigenvalue weighted by Gasteiger charge is 2.18. The molecule has 1 aliphatic rings. The van der Waals surface area contributed by atoms with E-state index in [1.165, 1.54) is 17.5 Å². The van der Waals surface area contributed by atoms with E-state index in [9.17, 15) is 4.79 Å². The van der Waals surface area contributed by atoms with Crippen molar-refractivity contribution in [1.82, 2.24) is 15.0 Å². The summed E-state index contributed by atoms with van der Waals surface area (Å²) in [5, 5.41) is 3.15. The summed E-state index contributed by atoms with van der Waals surface area (Å²) in [4.78, 5) is 28.8. The third-order valence-electron chi connectivity index (χ3n) is 11.4. The van der Waals surface area contributed by atoms with Crippen molar-refractivity contribution in [2.24, 2.45) is 0 Å². The van der Waals surface area contributed by atoms with Gasteiger partial charge in [0, 0.05) is 45.8 Å². The second-order valence-corrected chi connectivity index (χ2v) is 15.2. The molecule has 5 heteroatoms. The Bertz CT molecular complexity index is 2820. The Morgan fingerprint density at radius 3 is 1.37 bits per heavy atom. The van der Waals surface area contributed by atoms with Gasteiger partial charge in [0.2, 0.25) is 0 Å². The minimum Gasteiger partial charge on any atom is -0.321 e. The van der Waals surface area contributed by atoms with Crippen molar-refractivity contribution < 1.29 is 4.79 Å². The molecule has 0 radical (unpaired) electrons. The van der Waals surface area contributed by atoms with Gasteiger partial charge in [-0.2, -0.15) is 0 Å². The molecule has 0 aliphatic heterocycles. The minimum absolute atomic E-state index is 0.220. The van der Waals surface area contributed by atoms with Crippen LogP contribution in [-0.4, -0.2) is 20.9 Å². The molecule has 0 unspecified atom stereocenters. The lowest BCUT2D eigenvalue weighted by atomic mass is 9.89. The number of nitrogens with zero attached hydrogens (tertiary/aromatic N) is 3. The first-order valence-electron chi connectivity index (χ1n) is 20.4. The van der Waals surface area contributed by atoms with Gasteiger partial charge >= 0.3 is 0 Å². The van der Waals surface area contributed by atoms with E-state index in [-0.39, 0.29) is 5.91 Å². The van der Waals surface area contributed by atoms with Crippen molar-refractivity contribution in [2.45, 2.75) is 19.3 Å². The third-order valence-corrected chi connectivity index (χ3v) is 11.4. The molecule has 1 amide bonds. The molecule has 0 saturated heterocycles. The fraction of sp³-hybridized carbons (Fsp3) is 0.0545. The molecular weight excluding hydrogens is 733 g/mol. The largest absolute Gasteiger partial charge is 0.321 e. The van der Waals surface area contributed by atoms with Gasteiger partial charge in [-0.1, -0.05) is 133 Å². The molecule has 0 spiro atoms. The van der Waals surface area contributed by atoms with Gasteiger partial charge in [-0.3, -0.25) is 19.7 Å². The number of hydrogen-bond acceptors (Lipinski definition) is 4. The van der Waals surface area contributed by atoms with Crippen molar-refractivity contribution in [3.8, 4) is 78.3 Å². The SMILES string of the molecule is O=C(Nc1ccc(-c2ccc3c(c2)CCC3)nc1)c1cc(-c2ccccc2-c2ccc(-c3ccccc3)nc2)cc(-c2ccccc2-c2ccc(-c3ccccc3)nc2)c1. The van der Waals surface area contributed by atoms with Crippen LogP contribution in [0.2, 0.25) is 0 Å². The maximum Gasteiger partial charge on any atom is 0.255 e. The Hall–Kier alpha value is -7.76. The van der Waals surface area contributed by atoms with Gasteiger partial charge in [-0.15, -0.1) is 0 Å². The smallest absolute Gasteiger partial charge is 0.255 e. The maximum absolute atomic E-state index is 14.4. The van der Waals surface area contributed by atoms with E-state index in [2.05, 4.69) is 102 Å². The second kappa shape index (κ2) is 16.2. The van der Waals surface area contributed by atoms with Crippen molar-refractivity contribution in [1.29, 1.82) is 0 Å². The Kier molecular flexibility index (Phi) is 9.90. The van der Waals surface area contributed by atoms with Crippen molar-refractivity contribution in [3.63, 3.8) is 0 Å². The molecule has 9 aromatic rings. The zero-order valence-electron chi connectivity index (χ0n) is 32.9. The second-order valence-electron chi connectivity index (χ2n) is 15.2. The molecule has 3 heterocycles. The number of carbonyl (C=O) groups is 1. The summed E-state index contributed by atoms with van der Waals surface area (Å²) in [7, 11) is 0. The quantitative estimate of drug-likeness (QED) is 0.159.